The summed E-state index contributed by atoms with van der Waals surface area (Å²) >= 11 is 1.54. The number of hydrogen-bond donors (Lipinski definition) is 1. The van der Waals surface area contributed by atoms with Crippen LogP contribution in [0.4, 0.5) is 0 Å². The largest absolute Gasteiger partial charge is 0.465 e. The molecule has 2 N–H and O–H groups in total. The summed E-state index contributed by atoms with van der Waals surface area (Å²) in [6, 6.07) is 0.166. The minimum Gasteiger partial charge on any atom is -0.465 e. The second kappa shape index (κ2) is 7.21. The van der Waals surface area contributed by atoms with Gasteiger partial charge >= 0.3 is 5.97 Å². The Labute approximate surface area is 84.4 Å². The van der Waals surface area contributed by atoms with Crippen molar-refractivity contribution in [1.82, 2.24) is 0 Å². The van der Waals surface area contributed by atoms with E-state index in [4.69, 9.17) is 10.5 Å². The molecular formula is C9H19NO2S. The van der Waals surface area contributed by atoms with Gasteiger partial charge < -0.3 is 10.5 Å². The van der Waals surface area contributed by atoms with Gasteiger partial charge in [0.1, 0.15) is 0 Å². The van der Waals surface area contributed by atoms with E-state index in [0.717, 1.165) is 5.75 Å². The Morgan fingerprint density at radius 2 is 2.15 bits per heavy atom. The maximum atomic E-state index is 10.9. The molecule has 0 fully saturated rings. The van der Waals surface area contributed by atoms with E-state index in [2.05, 4.69) is 13.8 Å². The van der Waals surface area contributed by atoms with Gasteiger partial charge in [0, 0.05) is 11.8 Å². The zero-order chi connectivity index (χ0) is 10.3. The molecular weight excluding hydrogens is 186 g/mol. The molecule has 0 aliphatic heterocycles. The van der Waals surface area contributed by atoms with Gasteiger partial charge in [-0.25, -0.2) is 0 Å². The van der Waals surface area contributed by atoms with Crippen molar-refractivity contribution in [2.75, 3.05) is 18.1 Å². The summed E-state index contributed by atoms with van der Waals surface area (Å²) in [7, 11) is 0. The minimum atomic E-state index is -0.150. The molecule has 1 unspecified atom stereocenters. The Hall–Kier alpha value is -0.220. The number of thioether (sulfide) groups is 1. The van der Waals surface area contributed by atoms with Crippen molar-refractivity contribution in [3.05, 3.63) is 0 Å². The molecule has 0 aromatic rings. The molecule has 0 radical (unpaired) electrons. The average Bonchev–Trinajstić information content (AvgIpc) is 2.04. The first-order chi connectivity index (χ1) is 6.07. The topological polar surface area (TPSA) is 52.3 Å². The Balaban J connectivity index is 3.39. The quantitative estimate of drug-likeness (QED) is 0.663. The van der Waals surface area contributed by atoms with Crippen molar-refractivity contribution >= 4 is 17.7 Å². The Morgan fingerprint density at radius 3 is 2.62 bits per heavy atom. The summed E-state index contributed by atoms with van der Waals surface area (Å²) in [5.74, 6) is 1.54. The van der Waals surface area contributed by atoms with Crippen molar-refractivity contribution in [3.63, 3.8) is 0 Å². The highest BCUT2D eigenvalue weighted by Crippen LogP contribution is 2.08. The Kier molecular flexibility index (Phi) is 7.09. The van der Waals surface area contributed by atoms with E-state index in [1.807, 2.05) is 6.92 Å². The van der Waals surface area contributed by atoms with Crippen molar-refractivity contribution in [2.45, 2.75) is 26.8 Å². The van der Waals surface area contributed by atoms with Crippen molar-refractivity contribution in [1.29, 1.82) is 0 Å². The molecule has 3 nitrogen and oxygen atoms in total. The summed E-state index contributed by atoms with van der Waals surface area (Å²) in [4.78, 5) is 10.9. The predicted octanol–water partition coefficient (Wildman–Crippen LogP) is 1.27. The van der Waals surface area contributed by atoms with Crippen LogP contribution in [-0.2, 0) is 9.53 Å². The highest BCUT2D eigenvalue weighted by atomic mass is 32.2. The molecule has 0 aliphatic carbocycles. The molecule has 0 amide bonds. The number of ether oxygens (including phenoxy) is 1. The third-order valence-corrected chi connectivity index (χ3v) is 2.75. The van der Waals surface area contributed by atoms with E-state index in [9.17, 15) is 4.79 Å². The van der Waals surface area contributed by atoms with E-state index in [0.29, 0.717) is 18.3 Å². The highest BCUT2D eigenvalue weighted by molar-refractivity contribution is 7.99. The van der Waals surface area contributed by atoms with Crippen LogP contribution in [0.3, 0.4) is 0 Å². The summed E-state index contributed by atoms with van der Waals surface area (Å²) in [6.07, 6.45) is 0. The number of esters is 1. The van der Waals surface area contributed by atoms with Crippen LogP contribution in [0.1, 0.15) is 20.8 Å². The summed E-state index contributed by atoms with van der Waals surface area (Å²) in [5, 5.41) is 0. The molecule has 0 saturated carbocycles. The van der Waals surface area contributed by atoms with Crippen molar-refractivity contribution in [2.24, 2.45) is 11.7 Å². The first-order valence-corrected chi connectivity index (χ1v) is 5.72. The minimum absolute atomic E-state index is 0.150. The van der Waals surface area contributed by atoms with Crippen LogP contribution in [0.15, 0.2) is 0 Å². The molecule has 0 aliphatic rings. The number of carbonyl (C=O) groups is 1. The molecule has 4 heteroatoms. The lowest BCUT2D eigenvalue weighted by molar-refractivity contribution is -0.139. The highest BCUT2D eigenvalue weighted by Gasteiger charge is 2.09. The van der Waals surface area contributed by atoms with Crippen LogP contribution in [0, 0.1) is 5.92 Å². The van der Waals surface area contributed by atoms with Crippen LogP contribution in [0.5, 0.6) is 0 Å². The molecule has 0 spiro atoms. The average molecular weight is 205 g/mol. The van der Waals surface area contributed by atoms with Crippen LogP contribution in [0.2, 0.25) is 0 Å². The maximum absolute atomic E-state index is 10.9. The number of rotatable bonds is 6. The lowest BCUT2D eigenvalue weighted by Gasteiger charge is -2.14. The van der Waals surface area contributed by atoms with Crippen LogP contribution < -0.4 is 5.73 Å². The molecule has 1 atom stereocenters. The molecule has 0 rings (SSSR count). The second-order valence-electron chi connectivity index (χ2n) is 3.23. The third kappa shape index (κ3) is 6.90. The second-order valence-corrected chi connectivity index (χ2v) is 4.26. The molecule has 0 bridgehead atoms. The normalized spacial score (nSPS) is 13.0. The fraction of sp³-hybridized carbons (Fsp3) is 0.889. The van der Waals surface area contributed by atoms with Crippen molar-refractivity contribution < 1.29 is 9.53 Å². The lowest BCUT2D eigenvalue weighted by atomic mass is 10.1. The van der Waals surface area contributed by atoms with Crippen LogP contribution >= 0.6 is 11.8 Å². The standard InChI is InChI=1S/C9H19NO2S/c1-4-12-9(11)6-13-5-8(10)7(2)3/h7-8H,4-6,10H2,1-3H3. The van der Waals surface area contributed by atoms with Crippen LogP contribution in [0.25, 0.3) is 0 Å². The molecule has 0 aromatic carbocycles. The van der Waals surface area contributed by atoms with Gasteiger partial charge in [0.2, 0.25) is 0 Å². The third-order valence-electron chi connectivity index (χ3n) is 1.69. The zero-order valence-corrected chi connectivity index (χ0v) is 9.39. The van der Waals surface area contributed by atoms with Gasteiger partial charge in [-0.3, -0.25) is 4.79 Å². The van der Waals surface area contributed by atoms with Gasteiger partial charge in [-0.2, -0.15) is 0 Å². The summed E-state index contributed by atoms with van der Waals surface area (Å²) in [6.45, 7) is 6.42. The summed E-state index contributed by atoms with van der Waals surface area (Å²) < 4.78 is 4.78. The Morgan fingerprint density at radius 1 is 1.54 bits per heavy atom. The molecule has 0 heterocycles. The van der Waals surface area contributed by atoms with Gasteiger partial charge in [-0.1, -0.05) is 13.8 Å². The van der Waals surface area contributed by atoms with E-state index in [-0.39, 0.29) is 12.0 Å². The SMILES string of the molecule is CCOC(=O)CSCC(N)C(C)C. The van der Waals surface area contributed by atoms with Gasteiger partial charge in [-0.05, 0) is 12.8 Å². The molecule has 0 aromatic heterocycles. The molecule has 78 valence electrons. The van der Waals surface area contributed by atoms with Crippen LogP contribution in [-0.4, -0.2) is 30.1 Å². The first kappa shape index (κ1) is 12.8. The van der Waals surface area contributed by atoms with E-state index >= 15 is 0 Å². The fourth-order valence-electron chi connectivity index (χ4n) is 0.673. The van der Waals surface area contributed by atoms with E-state index < -0.39 is 0 Å². The smallest absolute Gasteiger partial charge is 0.315 e. The fourth-order valence-corrected chi connectivity index (χ4v) is 1.70. The van der Waals surface area contributed by atoms with Gasteiger partial charge in [0.25, 0.3) is 0 Å². The maximum Gasteiger partial charge on any atom is 0.315 e. The van der Waals surface area contributed by atoms with Crippen molar-refractivity contribution in [3.8, 4) is 0 Å². The lowest BCUT2D eigenvalue weighted by Crippen LogP contribution is -2.29. The summed E-state index contributed by atoms with van der Waals surface area (Å²) in [5.41, 5.74) is 5.80. The zero-order valence-electron chi connectivity index (χ0n) is 8.58. The first-order valence-electron chi connectivity index (χ1n) is 4.56. The number of nitrogens with two attached hydrogens (primary N) is 1. The predicted molar refractivity (Wildman–Crippen MR) is 56.8 cm³/mol. The van der Waals surface area contributed by atoms with E-state index in [1.165, 1.54) is 11.8 Å². The van der Waals surface area contributed by atoms with E-state index in [1.54, 1.807) is 0 Å². The Bertz CT molecular complexity index is 151. The van der Waals surface area contributed by atoms with Gasteiger partial charge in [-0.15, -0.1) is 11.8 Å². The number of carbonyl (C=O) groups excluding carboxylic acids is 1. The molecule has 0 saturated heterocycles. The van der Waals surface area contributed by atoms with Gasteiger partial charge in [0.05, 0.1) is 12.4 Å². The molecule has 13 heavy (non-hydrogen) atoms. The number of hydrogen-bond acceptors (Lipinski definition) is 4. The monoisotopic (exact) mass is 205 g/mol. The van der Waals surface area contributed by atoms with Gasteiger partial charge in [0.15, 0.2) is 0 Å².